The van der Waals surface area contributed by atoms with Crippen LogP contribution in [0.3, 0.4) is 0 Å². The van der Waals surface area contributed by atoms with Crippen LogP contribution in [-0.4, -0.2) is 23.8 Å². The van der Waals surface area contributed by atoms with Crippen LogP contribution in [-0.2, 0) is 27.9 Å². The normalized spacial score (nSPS) is 18.0. The van der Waals surface area contributed by atoms with Crippen molar-refractivity contribution in [2.24, 2.45) is 0 Å². The Bertz CT molecular complexity index is 851. The van der Waals surface area contributed by atoms with Crippen molar-refractivity contribution in [2.75, 3.05) is 6.61 Å². The van der Waals surface area contributed by atoms with Crippen LogP contribution in [0, 0.1) is 0 Å². The quantitative estimate of drug-likeness (QED) is 0.385. The molecule has 1 atom stereocenters. The summed E-state index contributed by atoms with van der Waals surface area (Å²) in [6.07, 6.45) is 1.65. The van der Waals surface area contributed by atoms with Crippen LogP contribution in [0.4, 0.5) is 0 Å². The Hall–Kier alpha value is -1.88. The number of carbonyl (C=O) groups excluding carboxylic acids is 1. The number of carbonyl (C=O) groups is 1. The molecule has 166 valence electrons. The van der Waals surface area contributed by atoms with E-state index in [1.54, 1.807) is 61.5 Å². The number of hydrogen-bond donors (Lipinski definition) is 0. The SMILES string of the molecule is CCOC(=O)C1=C(C)OC(P(=O)(OC(C)(C)C)OC(C)(C)C)=CC1c1ccccc1. The van der Waals surface area contributed by atoms with E-state index in [4.69, 9.17) is 18.5 Å². The Morgan fingerprint density at radius 3 is 2.03 bits per heavy atom. The Kier molecular flexibility index (Phi) is 7.39. The molecule has 30 heavy (non-hydrogen) atoms. The van der Waals surface area contributed by atoms with Crippen molar-refractivity contribution in [2.45, 2.75) is 72.5 Å². The maximum Gasteiger partial charge on any atom is 0.396 e. The molecule has 0 aromatic heterocycles. The molecule has 7 heteroatoms. The smallest absolute Gasteiger partial charge is 0.396 e. The number of esters is 1. The standard InChI is InChI=1S/C23H33O6P/c1-9-26-21(24)20-16(2)27-19(15-18(20)17-13-11-10-12-14-17)30(25,28-22(3,4)5)29-23(6,7)8/h10-15,18H,9H2,1-8H3. The number of allylic oxidation sites excluding steroid dienone is 2. The van der Waals surface area contributed by atoms with Crippen molar-refractivity contribution in [3.05, 3.63) is 58.8 Å². The molecular weight excluding hydrogens is 403 g/mol. The van der Waals surface area contributed by atoms with Gasteiger partial charge in [0, 0.05) is 5.92 Å². The summed E-state index contributed by atoms with van der Waals surface area (Å²) in [5.74, 6) is -0.660. The molecule has 0 bridgehead atoms. The predicted molar refractivity (Wildman–Crippen MR) is 117 cm³/mol. The van der Waals surface area contributed by atoms with Crippen LogP contribution in [0.15, 0.2) is 53.2 Å². The molecule has 0 radical (unpaired) electrons. The van der Waals surface area contributed by atoms with E-state index >= 15 is 0 Å². The molecule has 1 heterocycles. The number of rotatable bonds is 6. The highest BCUT2D eigenvalue weighted by Crippen LogP contribution is 2.63. The lowest BCUT2D eigenvalue weighted by Crippen LogP contribution is -2.26. The lowest BCUT2D eigenvalue weighted by Gasteiger charge is -2.35. The van der Waals surface area contributed by atoms with Gasteiger partial charge in [0.05, 0.1) is 23.4 Å². The molecule has 2 rings (SSSR count). The first kappa shape index (κ1) is 24.4. The van der Waals surface area contributed by atoms with Gasteiger partial charge < -0.3 is 9.47 Å². The van der Waals surface area contributed by atoms with Crippen LogP contribution in [0.5, 0.6) is 0 Å². The van der Waals surface area contributed by atoms with Gasteiger partial charge in [-0.2, -0.15) is 0 Å². The minimum absolute atomic E-state index is 0.0757. The van der Waals surface area contributed by atoms with Crippen molar-refractivity contribution in [1.82, 2.24) is 0 Å². The minimum atomic E-state index is -3.85. The molecule has 1 aliphatic rings. The zero-order valence-electron chi connectivity index (χ0n) is 19.1. The summed E-state index contributed by atoms with van der Waals surface area (Å²) >= 11 is 0. The molecule has 1 aliphatic heterocycles. The summed E-state index contributed by atoms with van der Waals surface area (Å²) in [7, 11) is -3.85. The molecule has 0 saturated heterocycles. The fourth-order valence-corrected chi connectivity index (χ4v) is 5.31. The summed E-state index contributed by atoms with van der Waals surface area (Å²) in [5, 5.41) is 0. The number of ether oxygens (including phenoxy) is 2. The number of hydrogen-bond acceptors (Lipinski definition) is 6. The fourth-order valence-electron chi connectivity index (χ4n) is 3.07. The zero-order valence-corrected chi connectivity index (χ0v) is 20.0. The third-order valence-electron chi connectivity index (χ3n) is 3.97. The first-order chi connectivity index (χ1) is 13.8. The highest BCUT2D eigenvalue weighted by Gasteiger charge is 2.44. The summed E-state index contributed by atoms with van der Waals surface area (Å²) in [6, 6.07) is 9.46. The first-order valence-corrected chi connectivity index (χ1v) is 11.6. The first-order valence-electron chi connectivity index (χ1n) is 10.1. The van der Waals surface area contributed by atoms with Gasteiger partial charge in [-0.1, -0.05) is 30.3 Å². The van der Waals surface area contributed by atoms with Crippen LogP contribution in [0.25, 0.3) is 0 Å². The molecule has 6 nitrogen and oxygen atoms in total. The van der Waals surface area contributed by atoms with E-state index < -0.39 is 30.7 Å². The molecule has 0 N–H and O–H groups in total. The largest absolute Gasteiger partial charge is 0.463 e. The molecule has 1 aromatic carbocycles. The zero-order chi connectivity index (χ0) is 22.7. The van der Waals surface area contributed by atoms with Crippen molar-refractivity contribution < 1.29 is 27.9 Å². The van der Waals surface area contributed by atoms with Gasteiger partial charge in [-0.15, -0.1) is 0 Å². The van der Waals surface area contributed by atoms with Crippen LogP contribution in [0.2, 0.25) is 0 Å². The third kappa shape index (κ3) is 6.31. The van der Waals surface area contributed by atoms with E-state index in [2.05, 4.69) is 0 Å². The van der Waals surface area contributed by atoms with Crippen LogP contribution in [0.1, 0.15) is 66.9 Å². The Morgan fingerprint density at radius 2 is 1.57 bits per heavy atom. The molecule has 1 unspecified atom stereocenters. The molecule has 0 fully saturated rings. The molecule has 0 amide bonds. The molecule has 0 saturated carbocycles. The molecule has 1 aromatic rings. The van der Waals surface area contributed by atoms with Gasteiger partial charge in [-0.25, -0.2) is 4.79 Å². The van der Waals surface area contributed by atoms with Gasteiger partial charge in [0.15, 0.2) is 0 Å². The van der Waals surface area contributed by atoms with Crippen molar-refractivity contribution in [1.29, 1.82) is 0 Å². The van der Waals surface area contributed by atoms with Crippen molar-refractivity contribution in [3.63, 3.8) is 0 Å². The van der Waals surface area contributed by atoms with Crippen LogP contribution >= 0.6 is 7.60 Å². The highest BCUT2D eigenvalue weighted by molar-refractivity contribution is 7.58. The van der Waals surface area contributed by atoms with Gasteiger partial charge in [-0.05, 0) is 67.0 Å². The Balaban J connectivity index is 2.61. The third-order valence-corrected chi connectivity index (χ3v) is 6.33. The molecule has 0 spiro atoms. The fraction of sp³-hybridized carbons (Fsp3) is 0.522. The van der Waals surface area contributed by atoms with Crippen LogP contribution < -0.4 is 0 Å². The molecule has 0 aliphatic carbocycles. The Morgan fingerprint density at radius 1 is 1.03 bits per heavy atom. The minimum Gasteiger partial charge on any atom is -0.463 e. The summed E-state index contributed by atoms with van der Waals surface area (Å²) in [5.41, 5.74) is -0.200. The van der Waals surface area contributed by atoms with Gasteiger partial charge in [0.2, 0.25) is 5.50 Å². The van der Waals surface area contributed by atoms with E-state index in [1.807, 2.05) is 30.3 Å². The second kappa shape index (κ2) is 9.09. The topological polar surface area (TPSA) is 71.1 Å². The monoisotopic (exact) mass is 436 g/mol. The maximum absolute atomic E-state index is 13.9. The maximum atomic E-state index is 13.9. The van der Waals surface area contributed by atoms with Gasteiger partial charge in [-0.3, -0.25) is 13.6 Å². The molecular formula is C23H33O6P. The average Bonchev–Trinajstić information content (AvgIpc) is 2.58. The lowest BCUT2D eigenvalue weighted by molar-refractivity contribution is -0.139. The van der Waals surface area contributed by atoms with Gasteiger partial charge >= 0.3 is 13.6 Å². The van der Waals surface area contributed by atoms with E-state index in [-0.39, 0.29) is 12.1 Å². The van der Waals surface area contributed by atoms with E-state index in [0.717, 1.165) is 5.56 Å². The van der Waals surface area contributed by atoms with Gasteiger partial charge in [0.25, 0.3) is 0 Å². The van der Waals surface area contributed by atoms with Crippen molar-refractivity contribution >= 4 is 13.6 Å². The van der Waals surface area contributed by atoms with E-state index in [1.165, 1.54) is 0 Å². The van der Waals surface area contributed by atoms with Crippen molar-refractivity contribution in [3.8, 4) is 0 Å². The summed E-state index contributed by atoms with van der Waals surface area (Å²) in [6.45, 7) is 14.5. The second-order valence-corrected chi connectivity index (χ2v) is 10.9. The van der Waals surface area contributed by atoms with E-state index in [0.29, 0.717) is 11.3 Å². The second-order valence-electron chi connectivity index (χ2n) is 9.09. The average molecular weight is 436 g/mol. The van der Waals surface area contributed by atoms with E-state index in [9.17, 15) is 9.36 Å². The number of benzene rings is 1. The summed E-state index contributed by atoms with van der Waals surface area (Å²) in [4.78, 5) is 12.7. The Labute approximate surface area is 179 Å². The van der Waals surface area contributed by atoms with Gasteiger partial charge in [0.1, 0.15) is 5.76 Å². The summed E-state index contributed by atoms with van der Waals surface area (Å²) < 4.78 is 36.9. The predicted octanol–water partition coefficient (Wildman–Crippen LogP) is 6.30. The lowest BCUT2D eigenvalue weighted by atomic mass is 9.89. The highest BCUT2D eigenvalue weighted by atomic mass is 31.2.